The van der Waals surface area contributed by atoms with E-state index >= 15 is 0 Å². The van der Waals surface area contributed by atoms with Crippen LogP contribution in [0.3, 0.4) is 0 Å². The zero-order valence-corrected chi connectivity index (χ0v) is 21.2. The Morgan fingerprint density at radius 3 is 1.48 bits per heavy atom. The fourth-order valence-electron chi connectivity index (χ4n) is 2.78. The van der Waals surface area contributed by atoms with Crippen LogP contribution in [0.25, 0.3) is 0 Å². The summed E-state index contributed by atoms with van der Waals surface area (Å²) in [7, 11) is 0. The Morgan fingerprint density at radius 2 is 1.10 bits per heavy atom. The van der Waals surface area contributed by atoms with Gasteiger partial charge in [-0.2, -0.15) is 0 Å². The second-order valence-corrected chi connectivity index (χ2v) is 7.37. The van der Waals surface area contributed by atoms with Crippen LogP contribution in [0.1, 0.15) is 118 Å². The topological polar surface area (TPSA) is 76.0 Å². The van der Waals surface area contributed by atoms with Gasteiger partial charge in [-0.1, -0.05) is 70.4 Å². The van der Waals surface area contributed by atoms with Gasteiger partial charge in [0.2, 0.25) is 0 Å². The molecule has 0 rings (SSSR count). The first-order valence-corrected chi connectivity index (χ1v) is 12.7. The molecule has 0 aliphatic heterocycles. The molecule has 31 heavy (non-hydrogen) atoms. The highest BCUT2D eigenvalue weighted by molar-refractivity contribution is 5.69. The molecule has 2 N–H and O–H groups in total. The highest BCUT2D eigenvalue weighted by Crippen LogP contribution is 2.10. The Kier molecular flexibility index (Phi) is 40.8. The van der Waals surface area contributed by atoms with E-state index in [1.807, 2.05) is 20.8 Å². The van der Waals surface area contributed by atoms with E-state index in [4.69, 9.17) is 19.7 Å². The smallest absolute Gasteiger partial charge is 0.305 e. The van der Waals surface area contributed by atoms with Gasteiger partial charge in [-0.05, 0) is 52.9 Å². The minimum absolute atomic E-state index is 0.0415. The molecular weight excluding hydrogens is 392 g/mol. The molecule has 0 radical (unpaired) electrons. The number of hydrogen-bond acceptors (Lipinski definition) is 5. The van der Waals surface area contributed by atoms with Gasteiger partial charge >= 0.3 is 5.97 Å². The monoisotopic (exact) mass is 446 g/mol. The number of ether oxygens (including phenoxy) is 2. The van der Waals surface area contributed by atoms with Gasteiger partial charge in [0.05, 0.1) is 19.8 Å². The van der Waals surface area contributed by atoms with Crippen molar-refractivity contribution in [2.45, 2.75) is 118 Å². The number of carbonyl (C=O) groups excluding carboxylic acids is 1. The lowest BCUT2D eigenvalue weighted by atomic mass is 10.1. The zero-order chi connectivity index (χ0) is 23.8. The summed E-state index contributed by atoms with van der Waals surface area (Å²) in [5.74, 6) is -0.0415. The fraction of sp³-hybridized carbons (Fsp3) is 0.885. The van der Waals surface area contributed by atoms with Crippen molar-refractivity contribution in [2.75, 3.05) is 33.0 Å². The minimum Gasteiger partial charge on any atom is -0.466 e. The maximum Gasteiger partial charge on any atom is 0.305 e. The first-order chi connectivity index (χ1) is 15.1. The van der Waals surface area contributed by atoms with Gasteiger partial charge in [-0.25, -0.2) is 0 Å². The van der Waals surface area contributed by atoms with Gasteiger partial charge in [0.25, 0.3) is 0 Å². The third kappa shape index (κ3) is 43.7. The predicted molar refractivity (Wildman–Crippen MR) is 132 cm³/mol. The van der Waals surface area contributed by atoms with Crippen LogP contribution >= 0.6 is 0 Å². The average Bonchev–Trinajstić information content (AvgIpc) is 2.78. The van der Waals surface area contributed by atoms with Crippen molar-refractivity contribution >= 4 is 5.97 Å². The quantitative estimate of drug-likeness (QED) is 0.133. The highest BCUT2D eigenvalue weighted by Gasteiger charge is 2.00. The minimum atomic E-state index is -0.125. The summed E-state index contributed by atoms with van der Waals surface area (Å²) in [6.45, 7) is 10.0. The van der Waals surface area contributed by atoms with Crippen molar-refractivity contribution in [3.05, 3.63) is 12.2 Å². The van der Waals surface area contributed by atoms with Gasteiger partial charge < -0.3 is 19.7 Å². The van der Waals surface area contributed by atoms with Crippen molar-refractivity contribution in [3.8, 4) is 0 Å². The van der Waals surface area contributed by atoms with Gasteiger partial charge in [0, 0.05) is 19.6 Å². The molecule has 0 heterocycles. The lowest BCUT2D eigenvalue weighted by Gasteiger charge is -2.01. The van der Waals surface area contributed by atoms with E-state index in [1.54, 1.807) is 0 Å². The highest BCUT2D eigenvalue weighted by atomic mass is 16.5. The number of aliphatic hydroxyl groups excluding tert-OH is 2. The molecule has 0 saturated carbocycles. The van der Waals surface area contributed by atoms with Crippen LogP contribution in [0.15, 0.2) is 12.2 Å². The Balaban J connectivity index is -0.000000728. The summed E-state index contributed by atoms with van der Waals surface area (Å²) < 4.78 is 9.75. The predicted octanol–water partition coefficient (Wildman–Crippen LogP) is 6.60. The molecule has 5 nitrogen and oxygen atoms in total. The first kappa shape index (κ1) is 34.7. The number of carbonyl (C=O) groups is 1. The largest absolute Gasteiger partial charge is 0.466 e. The van der Waals surface area contributed by atoms with E-state index in [0.717, 1.165) is 26.1 Å². The van der Waals surface area contributed by atoms with Crippen molar-refractivity contribution in [2.24, 2.45) is 0 Å². The third-order valence-electron chi connectivity index (χ3n) is 4.46. The van der Waals surface area contributed by atoms with Crippen molar-refractivity contribution in [1.82, 2.24) is 0 Å². The van der Waals surface area contributed by atoms with Gasteiger partial charge in [-0.3, -0.25) is 4.79 Å². The average molecular weight is 447 g/mol. The zero-order valence-electron chi connectivity index (χ0n) is 21.2. The van der Waals surface area contributed by atoms with Crippen LogP contribution in [0.2, 0.25) is 0 Å². The second kappa shape index (κ2) is 36.5. The summed E-state index contributed by atoms with van der Waals surface area (Å²) in [6.07, 6.45) is 22.0. The van der Waals surface area contributed by atoms with E-state index in [0.29, 0.717) is 13.0 Å². The van der Waals surface area contributed by atoms with Crippen LogP contribution < -0.4 is 0 Å². The van der Waals surface area contributed by atoms with Crippen molar-refractivity contribution < 1.29 is 24.5 Å². The molecule has 0 aromatic rings. The van der Waals surface area contributed by atoms with Crippen LogP contribution in [0.5, 0.6) is 0 Å². The SMILES string of the molecule is CCCCCCCC/C=C\CCCCCCCC(=O)OCC.CCOCC.OCCO. The lowest BCUT2D eigenvalue weighted by Crippen LogP contribution is -2.03. The van der Waals surface area contributed by atoms with E-state index in [2.05, 4.69) is 19.1 Å². The molecular formula is C26H54O5. The van der Waals surface area contributed by atoms with E-state index in [1.165, 1.54) is 70.6 Å². The maximum absolute atomic E-state index is 11.1. The Morgan fingerprint density at radius 1 is 0.645 bits per heavy atom. The maximum atomic E-state index is 11.1. The molecule has 0 aromatic carbocycles. The van der Waals surface area contributed by atoms with E-state index in [-0.39, 0.29) is 19.2 Å². The summed E-state index contributed by atoms with van der Waals surface area (Å²) >= 11 is 0. The molecule has 0 fully saturated rings. The number of allylic oxidation sites excluding steroid dienone is 2. The third-order valence-corrected chi connectivity index (χ3v) is 4.46. The molecule has 0 unspecified atom stereocenters. The second-order valence-electron chi connectivity index (χ2n) is 7.37. The van der Waals surface area contributed by atoms with Crippen LogP contribution in [0.4, 0.5) is 0 Å². The normalized spacial score (nSPS) is 10.3. The standard InChI is InChI=1S/C20H38O2.C4H10O.C2H6O2/c1-3-5-6-7-8-9-10-11-12-13-14-15-16-17-18-19-20(21)22-4-2;1-3-5-4-2;3-1-2-4/h11-12H,3-10,13-19H2,1-2H3;3-4H2,1-2H3;3-4H,1-2H2/b12-11-;;. The molecule has 0 saturated heterocycles. The Bertz CT molecular complexity index is 328. The van der Waals surface area contributed by atoms with Gasteiger partial charge in [0.15, 0.2) is 0 Å². The molecule has 0 spiro atoms. The van der Waals surface area contributed by atoms with E-state index in [9.17, 15) is 4.79 Å². The molecule has 0 aromatic heterocycles. The number of esters is 1. The Labute approximate surface area is 193 Å². The summed E-state index contributed by atoms with van der Waals surface area (Å²) in [5.41, 5.74) is 0. The van der Waals surface area contributed by atoms with Gasteiger partial charge in [0.1, 0.15) is 0 Å². The molecule has 0 aliphatic carbocycles. The molecule has 0 amide bonds. The summed E-state index contributed by atoms with van der Waals surface area (Å²) in [6, 6.07) is 0. The number of unbranched alkanes of at least 4 members (excludes halogenated alkanes) is 11. The summed E-state index contributed by atoms with van der Waals surface area (Å²) in [5, 5.41) is 15.2. The van der Waals surface area contributed by atoms with Crippen LogP contribution in [-0.2, 0) is 14.3 Å². The molecule has 188 valence electrons. The molecule has 0 atom stereocenters. The molecule has 0 aliphatic rings. The number of hydrogen-bond donors (Lipinski definition) is 2. The van der Waals surface area contributed by atoms with E-state index < -0.39 is 0 Å². The van der Waals surface area contributed by atoms with Crippen molar-refractivity contribution in [1.29, 1.82) is 0 Å². The van der Waals surface area contributed by atoms with Crippen LogP contribution in [0, 0.1) is 0 Å². The molecule has 0 bridgehead atoms. The lowest BCUT2D eigenvalue weighted by molar-refractivity contribution is -0.143. The van der Waals surface area contributed by atoms with Crippen molar-refractivity contribution in [3.63, 3.8) is 0 Å². The first-order valence-electron chi connectivity index (χ1n) is 12.7. The van der Waals surface area contributed by atoms with Gasteiger partial charge in [-0.15, -0.1) is 0 Å². The molecule has 5 heteroatoms. The Hall–Kier alpha value is -0.910. The summed E-state index contributed by atoms with van der Waals surface area (Å²) in [4.78, 5) is 11.1. The van der Waals surface area contributed by atoms with Crippen LogP contribution in [-0.4, -0.2) is 49.2 Å². The number of rotatable bonds is 19. The number of aliphatic hydroxyl groups is 2. The fourth-order valence-corrected chi connectivity index (χ4v) is 2.78.